The number of hydrogen-bond donors (Lipinski definition) is 1. The fraction of sp³-hybridized carbons (Fsp3) is 0.929. The van der Waals surface area contributed by atoms with Gasteiger partial charge in [0.25, 0.3) is 0 Å². The molecule has 1 atom stereocenters. The molecule has 2 saturated heterocycles. The fourth-order valence-corrected chi connectivity index (χ4v) is 3.42. The molecule has 0 spiro atoms. The second-order valence-electron chi connectivity index (χ2n) is 5.72. The summed E-state index contributed by atoms with van der Waals surface area (Å²) in [5, 5.41) is 0. The molecule has 2 rings (SSSR count). The van der Waals surface area contributed by atoms with E-state index in [4.69, 9.17) is 4.74 Å². The van der Waals surface area contributed by atoms with E-state index < -0.39 is 0 Å². The fourth-order valence-electron chi connectivity index (χ4n) is 3.17. The van der Waals surface area contributed by atoms with Crippen LogP contribution in [0.3, 0.4) is 0 Å². The maximum Gasteiger partial charge on any atom is 0.223 e. The molecule has 0 aliphatic carbocycles. The van der Waals surface area contributed by atoms with Gasteiger partial charge in [-0.25, -0.2) is 0 Å². The van der Waals surface area contributed by atoms with Gasteiger partial charge in [0, 0.05) is 52.4 Å². The van der Waals surface area contributed by atoms with E-state index in [2.05, 4.69) is 22.4 Å². The Balaban J connectivity index is 1.72. The van der Waals surface area contributed by atoms with Crippen LogP contribution >= 0.6 is 12.6 Å². The molecule has 4 nitrogen and oxygen atoms in total. The summed E-state index contributed by atoms with van der Waals surface area (Å²) in [6, 6.07) is 0.469. The molecule has 0 aromatic rings. The third-order valence-electron chi connectivity index (χ3n) is 4.32. The number of thiol groups is 1. The number of hydrogen-bond acceptors (Lipinski definition) is 4. The molecule has 1 amide bonds. The zero-order valence-electron chi connectivity index (χ0n) is 11.9. The van der Waals surface area contributed by atoms with Crippen LogP contribution < -0.4 is 0 Å². The lowest BCUT2D eigenvalue weighted by atomic mass is 10.0. The number of methoxy groups -OCH3 is 1. The van der Waals surface area contributed by atoms with Gasteiger partial charge in [-0.3, -0.25) is 4.79 Å². The molecule has 0 bridgehead atoms. The topological polar surface area (TPSA) is 32.8 Å². The summed E-state index contributed by atoms with van der Waals surface area (Å²) in [6.07, 6.45) is 4.05. The minimum atomic E-state index is 0.344. The lowest BCUT2D eigenvalue weighted by Gasteiger charge is -2.36. The van der Waals surface area contributed by atoms with Crippen LogP contribution in [0.15, 0.2) is 0 Å². The van der Waals surface area contributed by atoms with Gasteiger partial charge in [0.15, 0.2) is 0 Å². The first kappa shape index (κ1) is 15.1. The molecule has 0 aromatic carbocycles. The predicted molar refractivity (Wildman–Crippen MR) is 79.6 cm³/mol. The Kier molecular flexibility index (Phi) is 5.98. The average Bonchev–Trinajstić information content (AvgIpc) is 2.81. The number of rotatable bonds is 6. The highest BCUT2D eigenvalue weighted by Crippen LogP contribution is 2.26. The molecule has 0 aromatic heterocycles. The standard InChI is InChI=1S/C14H26N2O2S/c1-18-8-2-5-15-6-3-13(4-7-15)16-10-12(11-19)9-14(16)17/h12-13,19H,2-11H2,1H3. The van der Waals surface area contributed by atoms with Crippen LogP contribution in [0.1, 0.15) is 25.7 Å². The molecule has 2 aliphatic heterocycles. The highest BCUT2D eigenvalue weighted by molar-refractivity contribution is 7.80. The Labute approximate surface area is 121 Å². The van der Waals surface area contributed by atoms with Gasteiger partial charge in [-0.1, -0.05) is 0 Å². The van der Waals surface area contributed by atoms with Crippen molar-refractivity contribution < 1.29 is 9.53 Å². The van der Waals surface area contributed by atoms with Crippen LogP contribution in [0.25, 0.3) is 0 Å². The zero-order valence-corrected chi connectivity index (χ0v) is 12.8. The number of likely N-dealkylation sites (tertiary alicyclic amines) is 2. The molecule has 2 aliphatic rings. The quantitative estimate of drug-likeness (QED) is 0.589. The summed E-state index contributed by atoms with van der Waals surface area (Å²) in [6.45, 7) is 5.12. The minimum Gasteiger partial charge on any atom is -0.385 e. The first-order valence-electron chi connectivity index (χ1n) is 7.36. The highest BCUT2D eigenvalue weighted by Gasteiger charge is 2.34. The van der Waals surface area contributed by atoms with Crippen LogP contribution in [-0.4, -0.2) is 67.4 Å². The van der Waals surface area contributed by atoms with Crippen LogP contribution in [-0.2, 0) is 9.53 Å². The minimum absolute atomic E-state index is 0.344. The molecule has 1 unspecified atom stereocenters. The van der Waals surface area contributed by atoms with E-state index in [1.807, 2.05) is 0 Å². The summed E-state index contributed by atoms with van der Waals surface area (Å²) in [7, 11) is 1.75. The van der Waals surface area contributed by atoms with Crippen molar-refractivity contribution in [3.05, 3.63) is 0 Å². The van der Waals surface area contributed by atoms with Gasteiger partial charge < -0.3 is 14.5 Å². The molecule has 2 fully saturated rings. The van der Waals surface area contributed by atoms with Crippen molar-refractivity contribution >= 4 is 18.5 Å². The van der Waals surface area contributed by atoms with Crippen LogP contribution in [0.2, 0.25) is 0 Å². The van der Waals surface area contributed by atoms with E-state index in [9.17, 15) is 4.79 Å². The zero-order chi connectivity index (χ0) is 13.7. The maximum atomic E-state index is 12.0. The van der Waals surface area contributed by atoms with Crippen molar-refractivity contribution in [1.29, 1.82) is 0 Å². The lowest BCUT2D eigenvalue weighted by Crippen LogP contribution is -2.45. The summed E-state index contributed by atoms with van der Waals surface area (Å²) >= 11 is 4.32. The number of amides is 1. The summed E-state index contributed by atoms with van der Waals surface area (Å²) in [4.78, 5) is 16.6. The van der Waals surface area contributed by atoms with Gasteiger partial charge in [0.05, 0.1) is 0 Å². The van der Waals surface area contributed by atoms with Crippen LogP contribution in [0, 0.1) is 5.92 Å². The molecule has 5 heteroatoms. The number of piperidine rings is 1. The van der Waals surface area contributed by atoms with Gasteiger partial charge in [0.2, 0.25) is 5.91 Å². The Hall–Kier alpha value is -0.260. The largest absolute Gasteiger partial charge is 0.385 e. The Morgan fingerprint density at radius 2 is 2.11 bits per heavy atom. The molecular formula is C14H26N2O2S. The molecular weight excluding hydrogens is 260 g/mol. The summed E-state index contributed by atoms with van der Waals surface area (Å²) in [5.74, 6) is 1.64. The van der Waals surface area contributed by atoms with E-state index in [1.54, 1.807) is 7.11 Å². The first-order valence-corrected chi connectivity index (χ1v) is 7.99. The van der Waals surface area contributed by atoms with Crippen molar-refractivity contribution in [2.45, 2.75) is 31.7 Å². The second-order valence-corrected chi connectivity index (χ2v) is 6.08. The van der Waals surface area contributed by atoms with E-state index in [-0.39, 0.29) is 0 Å². The van der Waals surface area contributed by atoms with Gasteiger partial charge in [-0.15, -0.1) is 0 Å². The van der Waals surface area contributed by atoms with Gasteiger partial charge in [-0.05, 0) is 30.9 Å². The molecule has 19 heavy (non-hydrogen) atoms. The molecule has 110 valence electrons. The van der Waals surface area contributed by atoms with Crippen LogP contribution in [0.5, 0.6) is 0 Å². The molecule has 0 radical (unpaired) electrons. The number of ether oxygens (including phenoxy) is 1. The van der Waals surface area contributed by atoms with Crippen molar-refractivity contribution in [3.8, 4) is 0 Å². The summed E-state index contributed by atoms with van der Waals surface area (Å²) < 4.78 is 5.09. The molecule has 2 heterocycles. The lowest BCUT2D eigenvalue weighted by molar-refractivity contribution is -0.130. The third-order valence-corrected chi connectivity index (χ3v) is 4.83. The van der Waals surface area contributed by atoms with Crippen molar-refractivity contribution in [2.75, 3.05) is 45.6 Å². The number of carbonyl (C=O) groups is 1. The van der Waals surface area contributed by atoms with Gasteiger partial charge >= 0.3 is 0 Å². The number of nitrogens with zero attached hydrogens (tertiary/aromatic N) is 2. The van der Waals surface area contributed by atoms with Crippen LogP contribution in [0.4, 0.5) is 0 Å². The van der Waals surface area contributed by atoms with Gasteiger partial charge in [-0.2, -0.15) is 12.6 Å². The van der Waals surface area contributed by atoms with E-state index in [0.717, 1.165) is 57.8 Å². The smallest absolute Gasteiger partial charge is 0.223 e. The van der Waals surface area contributed by atoms with Crippen molar-refractivity contribution in [3.63, 3.8) is 0 Å². The average molecular weight is 286 g/mol. The normalized spacial score (nSPS) is 26.3. The van der Waals surface area contributed by atoms with Crippen molar-refractivity contribution in [2.24, 2.45) is 5.92 Å². The molecule has 0 N–H and O–H groups in total. The first-order chi connectivity index (χ1) is 9.24. The summed E-state index contributed by atoms with van der Waals surface area (Å²) in [5.41, 5.74) is 0. The monoisotopic (exact) mass is 286 g/mol. The van der Waals surface area contributed by atoms with Crippen molar-refractivity contribution in [1.82, 2.24) is 9.80 Å². The Bertz CT molecular complexity index is 293. The highest BCUT2D eigenvalue weighted by atomic mass is 32.1. The second kappa shape index (κ2) is 7.50. The SMILES string of the molecule is COCCCN1CCC(N2CC(CS)CC2=O)CC1. The Morgan fingerprint density at radius 3 is 2.68 bits per heavy atom. The van der Waals surface area contributed by atoms with Gasteiger partial charge in [0.1, 0.15) is 0 Å². The molecule has 0 saturated carbocycles. The van der Waals surface area contributed by atoms with E-state index in [1.165, 1.54) is 0 Å². The van der Waals surface area contributed by atoms with E-state index >= 15 is 0 Å². The van der Waals surface area contributed by atoms with E-state index in [0.29, 0.717) is 24.3 Å². The predicted octanol–water partition coefficient (Wildman–Crippen LogP) is 1.27. The number of carbonyl (C=O) groups excluding carboxylic acids is 1. The Morgan fingerprint density at radius 1 is 1.37 bits per heavy atom. The third kappa shape index (κ3) is 4.10. The maximum absolute atomic E-state index is 12.0.